The van der Waals surface area contributed by atoms with Crippen LogP contribution in [-0.2, 0) is 16.0 Å². The van der Waals surface area contributed by atoms with Crippen LogP contribution in [0.25, 0.3) is 0 Å². The summed E-state index contributed by atoms with van der Waals surface area (Å²) in [4.78, 5) is 24.1. The van der Waals surface area contributed by atoms with E-state index in [1.807, 2.05) is 0 Å². The Morgan fingerprint density at radius 3 is 2.50 bits per heavy atom. The Morgan fingerprint density at radius 2 is 1.95 bits per heavy atom. The monoisotopic (exact) mass is 283 g/mol. The highest BCUT2D eigenvalue weighted by Gasteiger charge is 2.27. The van der Waals surface area contributed by atoms with E-state index in [9.17, 15) is 18.4 Å². The SMILES string of the molecule is O=C(O)CN(CC1CC1)C(=O)Cc1ccc(F)c(F)c1. The number of aliphatic carboxylic acids is 1. The van der Waals surface area contributed by atoms with Crippen LogP contribution in [0, 0.1) is 17.6 Å². The van der Waals surface area contributed by atoms with Crippen LogP contribution in [0.5, 0.6) is 0 Å². The Kier molecular flexibility index (Phi) is 4.32. The van der Waals surface area contributed by atoms with Crippen molar-refractivity contribution < 1.29 is 23.5 Å². The molecule has 0 saturated heterocycles. The van der Waals surface area contributed by atoms with Crippen LogP contribution in [0.3, 0.4) is 0 Å². The Hall–Kier alpha value is -1.98. The van der Waals surface area contributed by atoms with E-state index in [0.29, 0.717) is 18.0 Å². The van der Waals surface area contributed by atoms with Crippen LogP contribution in [0.2, 0.25) is 0 Å². The van der Waals surface area contributed by atoms with Gasteiger partial charge in [-0.1, -0.05) is 6.07 Å². The highest BCUT2D eigenvalue weighted by Crippen LogP contribution is 2.29. The van der Waals surface area contributed by atoms with Crippen molar-refractivity contribution in [1.29, 1.82) is 0 Å². The Labute approximate surface area is 115 Å². The van der Waals surface area contributed by atoms with Crippen molar-refractivity contribution in [2.75, 3.05) is 13.1 Å². The van der Waals surface area contributed by atoms with Crippen LogP contribution in [0.4, 0.5) is 8.78 Å². The van der Waals surface area contributed by atoms with Gasteiger partial charge in [-0.25, -0.2) is 8.78 Å². The highest BCUT2D eigenvalue weighted by molar-refractivity contribution is 5.83. The molecule has 1 aliphatic rings. The maximum Gasteiger partial charge on any atom is 0.323 e. The van der Waals surface area contributed by atoms with E-state index in [-0.39, 0.29) is 18.9 Å². The molecule has 4 nitrogen and oxygen atoms in total. The number of carbonyl (C=O) groups is 2. The lowest BCUT2D eigenvalue weighted by atomic mass is 10.1. The van der Waals surface area contributed by atoms with Crippen molar-refractivity contribution in [3.05, 3.63) is 35.4 Å². The molecular weight excluding hydrogens is 268 g/mol. The normalized spacial score (nSPS) is 14.1. The molecule has 1 aromatic rings. The van der Waals surface area contributed by atoms with Gasteiger partial charge in [0, 0.05) is 6.54 Å². The van der Waals surface area contributed by atoms with E-state index < -0.39 is 17.6 Å². The predicted molar refractivity (Wildman–Crippen MR) is 67.0 cm³/mol. The van der Waals surface area contributed by atoms with E-state index >= 15 is 0 Å². The van der Waals surface area contributed by atoms with Gasteiger partial charge < -0.3 is 10.0 Å². The number of carboxylic acids is 1. The quantitative estimate of drug-likeness (QED) is 0.866. The zero-order valence-electron chi connectivity index (χ0n) is 10.8. The lowest BCUT2D eigenvalue weighted by molar-refractivity contribution is -0.144. The number of carboxylic acid groups (broad SMARTS) is 1. The maximum atomic E-state index is 13.1. The molecule has 0 heterocycles. The number of amides is 1. The molecule has 0 atom stereocenters. The standard InChI is InChI=1S/C14H15F2NO3/c15-11-4-3-10(5-12(11)16)6-13(18)17(8-14(19)20)7-9-1-2-9/h3-5,9H,1-2,6-8H2,(H,19,20). The molecule has 1 N–H and O–H groups in total. The van der Waals surface area contributed by atoms with E-state index in [1.54, 1.807) is 0 Å². The molecule has 108 valence electrons. The molecule has 0 radical (unpaired) electrons. The lowest BCUT2D eigenvalue weighted by Gasteiger charge is -2.20. The van der Waals surface area contributed by atoms with Crippen molar-refractivity contribution in [2.24, 2.45) is 5.92 Å². The molecule has 0 spiro atoms. The molecule has 1 aromatic carbocycles. The summed E-state index contributed by atoms with van der Waals surface area (Å²) in [7, 11) is 0. The summed E-state index contributed by atoms with van der Waals surface area (Å²) in [6.45, 7) is 0.0494. The Morgan fingerprint density at radius 1 is 1.25 bits per heavy atom. The van der Waals surface area contributed by atoms with Crippen molar-refractivity contribution in [3.8, 4) is 0 Å². The molecule has 1 aliphatic carbocycles. The van der Waals surface area contributed by atoms with Gasteiger partial charge in [-0.2, -0.15) is 0 Å². The minimum atomic E-state index is -1.08. The molecule has 20 heavy (non-hydrogen) atoms. The summed E-state index contributed by atoms with van der Waals surface area (Å²) in [6, 6.07) is 3.25. The average Bonchev–Trinajstić information content (AvgIpc) is 3.16. The molecule has 1 fully saturated rings. The number of halogens is 2. The van der Waals surface area contributed by atoms with Crippen LogP contribution >= 0.6 is 0 Å². The number of hydrogen-bond acceptors (Lipinski definition) is 2. The number of benzene rings is 1. The van der Waals surface area contributed by atoms with E-state index in [2.05, 4.69) is 0 Å². The second-order valence-electron chi connectivity index (χ2n) is 5.04. The zero-order chi connectivity index (χ0) is 14.7. The third-order valence-electron chi connectivity index (χ3n) is 3.19. The second kappa shape index (κ2) is 5.98. The maximum absolute atomic E-state index is 13.1. The van der Waals surface area contributed by atoms with Gasteiger partial charge in [0.25, 0.3) is 0 Å². The molecule has 0 aliphatic heterocycles. The minimum absolute atomic E-state index is 0.128. The number of hydrogen-bond donors (Lipinski definition) is 1. The van der Waals surface area contributed by atoms with Crippen LogP contribution < -0.4 is 0 Å². The third-order valence-corrected chi connectivity index (χ3v) is 3.19. The van der Waals surface area contributed by atoms with Crippen molar-refractivity contribution >= 4 is 11.9 Å². The van der Waals surface area contributed by atoms with Crippen LogP contribution in [-0.4, -0.2) is 35.0 Å². The number of nitrogens with zero attached hydrogens (tertiary/aromatic N) is 1. The average molecular weight is 283 g/mol. The summed E-state index contributed by atoms with van der Waals surface area (Å²) in [6.07, 6.45) is 1.86. The molecule has 0 aromatic heterocycles. The van der Waals surface area contributed by atoms with Crippen molar-refractivity contribution in [3.63, 3.8) is 0 Å². The molecule has 6 heteroatoms. The number of carbonyl (C=O) groups excluding carboxylic acids is 1. The van der Waals surface area contributed by atoms with Crippen LogP contribution in [0.1, 0.15) is 18.4 Å². The van der Waals surface area contributed by atoms with E-state index in [4.69, 9.17) is 5.11 Å². The van der Waals surface area contributed by atoms with Gasteiger partial charge in [0.05, 0.1) is 6.42 Å². The molecule has 2 rings (SSSR count). The third kappa shape index (κ3) is 4.01. The van der Waals surface area contributed by atoms with Gasteiger partial charge in [-0.05, 0) is 36.5 Å². The molecule has 1 amide bonds. The number of rotatable bonds is 6. The first-order valence-electron chi connectivity index (χ1n) is 6.39. The first-order chi connectivity index (χ1) is 9.45. The van der Waals surface area contributed by atoms with E-state index in [0.717, 1.165) is 25.0 Å². The van der Waals surface area contributed by atoms with Gasteiger partial charge in [0.1, 0.15) is 6.54 Å². The Bertz CT molecular complexity index is 529. The first-order valence-corrected chi connectivity index (χ1v) is 6.39. The highest BCUT2D eigenvalue weighted by atomic mass is 19.2. The van der Waals surface area contributed by atoms with E-state index in [1.165, 1.54) is 11.0 Å². The molecular formula is C14H15F2NO3. The fraction of sp³-hybridized carbons (Fsp3) is 0.429. The smallest absolute Gasteiger partial charge is 0.323 e. The van der Waals surface area contributed by atoms with Crippen LogP contribution in [0.15, 0.2) is 18.2 Å². The lowest BCUT2D eigenvalue weighted by Crippen LogP contribution is -2.38. The van der Waals surface area contributed by atoms with Gasteiger partial charge in [0.2, 0.25) is 5.91 Å². The Balaban J connectivity index is 2.02. The van der Waals surface area contributed by atoms with Crippen molar-refractivity contribution in [1.82, 2.24) is 4.90 Å². The molecule has 1 saturated carbocycles. The summed E-state index contributed by atoms with van der Waals surface area (Å²) >= 11 is 0. The summed E-state index contributed by atoms with van der Waals surface area (Å²) in [5, 5.41) is 8.81. The van der Waals surface area contributed by atoms with Crippen molar-refractivity contribution in [2.45, 2.75) is 19.3 Å². The predicted octanol–water partition coefficient (Wildman–Crippen LogP) is 1.83. The largest absolute Gasteiger partial charge is 0.480 e. The fourth-order valence-corrected chi connectivity index (χ4v) is 1.97. The first kappa shape index (κ1) is 14.4. The minimum Gasteiger partial charge on any atom is -0.480 e. The zero-order valence-corrected chi connectivity index (χ0v) is 10.8. The van der Waals surface area contributed by atoms with Gasteiger partial charge >= 0.3 is 5.97 Å². The second-order valence-corrected chi connectivity index (χ2v) is 5.04. The summed E-state index contributed by atoms with van der Waals surface area (Å²) in [5.74, 6) is -3.08. The summed E-state index contributed by atoms with van der Waals surface area (Å²) < 4.78 is 25.9. The van der Waals surface area contributed by atoms with Gasteiger partial charge in [0.15, 0.2) is 11.6 Å². The topological polar surface area (TPSA) is 57.6 Å². The fourth-order valence-electron chi connectivity index (χ4n) is 1.97. The molecule has 0 bridgehead atoms. The van der Waals surface area contributed by atoms with Gasteiger partial charge in [-0.15, -0.1) is 0 Å². The van der Waals surface area contributed by atoms with Gasteiger partial charge in [-0.3, -0.25) is 9.59 Å². The summed E-state index contributed by atoms with van der Waals surface area (Å²) in [5.41, 5.74) is 0.333. The molecule has 0 unspecified atom stereocenters.